The Kier molecular flexibility index (Phi) is 3.49. The smallest absolute Gasteiger partial charge is 0.233 e. The molecule has 4 nitrogen and oxygen atoms in total. The van der Waals surface area contributed by atoms with Gasteiger partial charge in [-0.1, -0.05) is 33.6 Å². The second-order valence-corrected chi connectivity index (χ2v) is 6.17. The van der Waals surface area contributed by atoms with Crippen LogP contribution in [0.15, 0.2) is 0 Å². The molecule has 0 aromatic heterocycles. The molecule has 18 heavy (non-hydrogen) atoms. The minimum atomic E-state index is -0.634. The minimum Gasteiger partial charge on any atom is -0.394 e. The van der Waals surface area contributed by atoms with E-state index in [1.54, 1.807) is 0 Å². The summed E-state index contributed by atoms with van der Waals surface area (Å²) in [5.41, 5.74) is -0.634. The summed E-state index contributed by atoms with van der Waals surface area (Å²) in [4.78, 5) is 26.0. The molecule has 1 saturated heterocycles. The van der Waals surface area contributed by atoms with Gasteiger partial charge in [-0.2, -0.15) is 0 Å². The first kappa shape index (κ1) is 13.5. The second kappa shape index (κ2) is 4.65. The van der Waals surface area contributed by atoms with Crippen molar-refractivity contribution in [3.8, 4) is 0 Å². The highest BCUT2D eigenvalue weighted by Crippen LogP contribution is 2.41. The number of nitrogens with zero attached hydrogens (tertiary/aromatic N) is 1. The van der Waals surface area contributed by atoms with Gasteiger partial charge < -0.3 is 5.11 Å². The predicted molar refractivity (Wildman–Crippen MR) is 67.6 cm³/mol. The molecule has 2 aliphatic rings. The van der Waals surface area contributed by atoms with Gasteiger partial charge in [0.05, 0.1) is 12.1 Å². The highest BCUT2D eigenvalue weighted by Gasteiger charge is 2.53. The van der Waals surface area contributed by atoms with Crippen LogP contribution in [-0.4, -0.2) is 34.0 Å². The van der Waals surface area contributed by atoms with Gasteiger partial charge in [-0.15, -0.1) is 0 Å². The first-order valence-corrected chi connectivity index (χ1v) is 6.92. The Morgan fingerprint density at radius 3 is 2.22 bits per heavy atom. The molecule has 2 rings (SSSR count). The topological polar surface area (TPSA) is 57.6 Å². The number of carbonyl (C=O) groups excluding carboxylic acids is 2. The van der Waals surface area contributed by atoms with Gasteiger partial charge in [0, 0.05) is 11.8 Å². The van der Waals surface area contributed by atoms with Crippen molar-refractivity contribution in [2.45, 2.75) is 52.0 Å². The largest absolute Gasteiger partial charge is 0.394 e. The third kappa shape index (κ3) is 1.87. The van der Waals surface area contributed by atoms with Crippen LogP contribution in [0, 0.1) is 17.8 Å². The fraction of sp³-hybridized carbons (Fsp3) is 0.857. The molecule has 4 atom stereocenters. The summed E-state index contributed by atoms with van der Waals surface area (Å²) in [6.45, 7) is 5.64. The average Bonchev–Trinajstić information content (AvgIpc) is 2.54. The quantitative estimate of drug-likeness (QED) is 0.760. The maximum atomic E-state index is 12.3. The number of imide groups is 1. The number of likely N-dealkylation sites (tertiary alicyclic amines) is 1. The molecule has 0 aromatic carbocycles. The van der Waals surface area contributed by atoms with Crippen molar-refractivity contribution >= 4 is 11.8 Å². The van der Waals surface area contributed by atoms with Crippen molar-refractivity contribution in [3.63, 3.8) is 0 Å². The number of rotatable bonds is 2. The van der Waals surface area contributed by atoms with Gasteiger partial charge >= 0.3 is 0 Å². The molecule has 2 fully saturated rings. The third-order valence-electron chi connectivity index (χ3n) is 4.81. The standard InChI is InChI=1S/C14H23NO3/c1-9-5-4-6-14(7-9,8-16)15-12(17)10(2)11(3)13(15)18/h9-11,16H,4-8H2,1-3H3. The van der Waals surface area contributed by atoms with Crippen LogP contribution >= 0.6 is 0 Å². The molecule has 4 unspecified atom stereocenters. The molecule has 2 amide bonds. The molecule has 0 bridgehead atoms. The Bertz CT molecular complexity index is 348. The zero-order chi connectivity index (χ0) is 13.5. The predicted octanol–water partition coefficient (Wildman–Crippen LogP) is 1.57. The minimum absolute atomic E-state index is 0.101. The fourth-order valence-electron chi connectivity index (χ4n) is 3.46. The SMILES string of the molecule is CC1CCCC(CO)(N2C(=O)C(C)C(C)C2=O)C1. The number of aliphatic hydroxyl groups excluding tert-OH is 1. The normalized spacial score (nSPS) is 41.6. The van der Waals surface area contributed by atoms with Gasteiger partial charge in [0.15, 0.2) is 0 Å². The molecule has 102 valence electrons. The molecule has 1 aliphatic carbocycles. The Morgan fingerprint density at radius 1 is 1.22 bits per heavy atom. The lowest BCUT2D eigenvalue weighted by Crippen LogP contribution is -2.56. The van der Waals surface area contributed by atoms with Crippen molar-refractivity contribution < 1.29 is 14.7 Å². The monoisotopic (exact) mass is 253 g/mol. The fourth-order valence-corrected chi connectivity index (χ4v) is 3.46. The van der Waals surface area contributed by atoms with Crippen LogP contribution in [0.2, 0.25) is 0 Å². The number of hydrogen-bond acceptors (Lipinski definition) is 3. The van der Waals surface area contributed by atoms with E-state index in [0.29, 0.717) is 5.92 Å². The summed E-state index contributed by atoms with van der Waals surface area (Å²) in [6.07, 6.45) is 3.57. The molecule has 0 aromatic rings. The molecular weight excluding hydrogens is 230 g/mol. The van der Waals surface area contributed by atoms with Gasteiger partial charge in [-0.3, -0.25) is 14.5 Å². The summed E-state index contributed by atoms with van der Waals surface area (Å²) in [5.74, 6) is -0.250. The van der Waals surface area contributed by atoms with Crippen molar-refractivity contribution in [2.75, 3.05) is 6.61 Å². The van der Waals surface area contributed by atoms with E-state index in [-0.39, 0.29) is 30.3 Å². The Labute approximate surface area is 108 Å². The Morgan fingerprint density at radius 2 is 1.78 bits per heavy atom. The van der Waals surface area contributed by atoms with E-state index in [0.717, 1.165) is 25.7 Å². The zero-order valence-electron chi connectivity index (χ0n) is 11.5. The molecule has 4 heteroatoms. The maximum absolute atomic E-state index is 12.3. The summed E-state index contributed by atoms with van der Waals surface area (Å²) in [7, 11) is 0. The second-order valence-electron chi connectivity index (χ2n) is 6.17. The van der Waals surface area contributed by atoms with E-state index < -0.39 is 5.54 Å². The summed E-state index contributed by atoms with van der Waals surface area (Å²) in [6, 6.07) is 0. The van der Waals surface area contributed by atoms with Gasteiger partial charge in [0.2, 0.25) is 11.8 Å². The van der Waals surface area contributed by atoms with E-state index in [1.807, 2.05) is 13.8 Å². The molecule has 1 heterocycles. The van der Waals surface area contributed by atoms with Crippen LogP contribution < -0.4 is 0 Å². The van der Waals surface area contributed by atoms with E-state index >= 15 is 0 Å². The highest BCUT2D eigenvalue weighted by molar-refractivity contribution is 6.05. The van der Waals surface area contributed by atoms with Crippen LogP contribution in [0.1, 0.15) is 46.5 Å². The number of amides is 2. The lowest BCUT2D eigenvalue weighted by Gasteiger charge is -2.44. The average molecular weight is 253 g/mol. The zero-order valence-corrected chi connectivity index (χ0v) is 11.5. The first-order valence-electron chi connectivity index (χ1n) is 6.92. The van der Waals surface area contributed by atoms with Crippen molar-refractivity contribution in [1.29, 1.82) is 0 Å². The number of aliphatic hydroxyl groups is 1. The summed E-state index contributed by atoms with van der Waals surface area (Å²) < 4.78 is 0. The van der Waals surface area contributed by atoms with Crippen LogP contribution in [0.3, 0.4) is 0 Å². The van der Waals surface area contributed by atoms with Crippen LogP contribution in [0.25, 0.3) is 0 Å². The highest BCUT2D eigenvalue weighted by atomic mass is 16.3. The number of hydrogen-bond donors (Lipinski definition) is 1. The summed E-state index contributed by atoms with van der Waals surface area (Å²) >= 11 is 0. The van der Waals surface area contributed by atoms with E-state index in [9.17, 15) is 14.7 Å². The molecule has 1 saturated carbocycles. The van der Waals surface area contributed by atoms with Gasteiger partial charge in [0.25, 0.3) is 0 Å². The number of carbonyl (C=O) groups is 2. The molecule has 1 N–H and O–H groups in total. The van der Waals surface area contributed by atoms with Gasteiger partial charge in [-0.25, -0.2) is 0 Å². The van der Waals surface area contributed by atoms with Crippen LogP contribution in [0.5, 0.6) is 0 Å². The van der Waals surface area contributed by atoms with Gasteiger partial charge in [-0.05, 0) is 18.8 Å². The molecule has 0 spiro atoms. The van der Waals surface area contributed by atoms with Crippen LogP contribution in [0.4, 0.5) is 0 Å². The Hall–Kier alpha value is -0.900. The molecule has 0 radical (unpaired) electrons. The summed E-state index contributed by atoms with van der Waals surface area (Å²) in [5, 5.41) is 9.78. The van der Waals surface area contributed by atoms with E-state index in [1.165, 1.54) is 4.90 Å². The van der Waals surface area contributed by atoms with Gasteiger partial charge in [0.1, 0.15) is 0 Å². The first-order chi connectivity index (χ1) is 8.43. The lowest BCUT2D eigenvalue weighted by atomic mass is 9.75. The third-order valence-corrected chi connectivity index (χ3v) is 4.81. The molecule has 1 aliphatic heterocycles. The van der Waals surface area contributed by atoms with E-state index in [4.69, 9.17) is 0 Å². The molecular formula is C14H23NO3. The van der Waals surface area contributed by atoms with Crippen molar-refractivity contribution in [2.24, 2.45) is 17.8 Å². The van der Waals surface area contributed by atoms with Crippen molar-refractivity contribution in [1.82, 2.24) is 4.90 Å². The van der Waals surface area contributed by atoms with Crippen molar-refractivity contribution in [3.05, 3.63) is 0 Å². The van der Waals surface area contributed by atoms with Crippen LogP contribution in [-0.2, 0) is 9.59 Å². The Balaban J connectivity index is 2.33. The maximum Gasteiger partial charge on any atom is 0.233 e. The van der Waals surface area contributed by atoms with E-state index in [2.05, 4.69) is 6.92 Å². The lowest BCUT2D eigenvalue weighted by molar-refractivity contribution is -0.152.